The van der Waals surface area contributed by atoms with Gasteiger partial charge in [-0.25, -0.2) is 0 Å². The van der Waals surface area contributed by atoms with Gasteiger partial charge in [0.2, 0.25) is 0 Å². The first-order chi connectivity index (χ1) is 9.88. The largest absolute Gasteiger partial charge is 0.303 e. The molecule has 20 heavy (non-hydrogen) atoms. The molecule has 0 aliphatic carbocycles. The second kappa shape index (κ2) is 6.07. The Morgan fingerprint density at radius 2 is 1.80 bits per heavy atom. The number of hydrogen-bond acceptors (Lipinski definition) is 2. The van der Waals surface area contributed by atoms with Gasteiger partial charge in [0, 0.05) is 0 Å². The zero-order valence-electron chi connectivity index (χ0n) is 11.8. The van der Waals surface area contributed by atoms with Gasteiger partial charge >= 0.3 is 0 Å². The van der Waals surface area contributed by atoms with Crippen LogP contribution in [0.3, 0.4) is 0 Å². The van der Waals surface area contributed by atoms with E-state index in [0.29, 0.717) is 0 Å². The molecular weight excluding hydrogens is 244 g/mol. The van der Waals surface area contributed by atoms with E-state index in [1.807, 2.05) is 0 Å². The molecule has 1 fully saturated rings. The van der Waals surface area contributed by atoms with Crippen LogP contribution < -0.4 is 0 Å². The van der Waals surface area contributed by atoms with E-state index in [-0.39, 0.29) is 5.92 Å². The molecule has 0 aromatic heterocycles. The molecule has 0 amide bonds. The molecule has 0 spiro atoms. The zero-order chi connectivity index (χ0) is 13.8. The Morgan fingerprint density at radius 1 is 1.05 bits per heavy atom. The molecule has 0 bridgehead atoms. The van der Waals surface area contributed by atoms with Crippen LogP contribution in [0.5, 0.6) is 0 Å². The fourth-order valence-corrected chi connectivity index (χ4v) is 3.16. The minimum absolute atomic E-state index is 0.00157. The van der Waals surface area contributed by atoms with Gasteiger partial charge in [-0.2, -0.15) is 5.26 Å². The summed E-state index contributed by atoms with van der Waals surface area (Å²) < 4.78 is 0. The third-order valence-corrected chi connectivity index (χ3v) is 4.29. The molecule has 2 nitrogen and oxygen atoms in total. The average Bonchev–Trinajstić information content (AvgIpc) is 3.01. The second-order valence-electron chi connectivity index (χ2n) is 5.59. The lowest BCUT2D eigenvalue weighted by molar-refractivity contribution is 0.329. The highest BCUT2D eigenvalue weighted by molar-refractivity contribution is 5.86. The number of nitrogens with zero attached hydrogens (tertiary/aromatic N) is 2. The van der Waals surface area contributed by atoms with E-state index < -0.39 is 0 Å². The van der Waals surface area contributed by atoms with Crippen molar-refractivity contribution in [3.63, 3.8) is 0 Å². The number of benzene rings is 2. The van der Waals surface area contributed by atoms with Crippen molar-refractivity contribution in [3.8, 4) is 6.07 Å². The van der Waals surface area contributed by atoms with E-state index >= 15 is 0 Å². The molecule has 1 heterocycles. The van der Waals surface area contributed by atoms with Gasteiger partial charge in [-0.3, -0.25) is 0 Å². The Hall–Kier alpha value is -1.85. The van der Waals surface area contributed by atoms with Crippen LogP contribution in [0.2, 0.25) is 0 Å². The summed E-state index contributed by atoms with van der Waals surface area (Å²) in [5.41, 5.74) is 1.18. The lowest BCUT2D eigenvalue weighted by Gasteiger charge is -2.18. The maximum atomic E-state index is 9.54. The Bertz CT molecular complexity index is 615. The minimum atomic E-state index is 0.00157. The van der Waals surface area contributed by atoms with Gasteiger partial charge in [-0.1, -0.05) is 42.5 Å². The van der Waals surface area contributed by atoms with E-state index in [0.717, 1.165) is 13.0 Å². The van der Waals surface area contributed by atoms with Crippen LogP contribution in [0, 0.1) is 11.3 Å². The average molecular weight is 264 g/mol. The van der Waals surface area contributed by atoms with Crippen LogP contribution in [0.15, 0.2) is 42.5 Å². The molecule has 1 aliphatic heterocycles. The highest BCUT2D eigenvalue weighted by Crippen LogP contribution is 2.28. The molecule has 0 radical (unpaired) electrons. The van der Waals surface area contributed by atoms with Crippen molar-refractivity contribution in [3.05, 3.63) is 48.0 Å². The highest BCUT2D eigenvalue weighted by atomic mass is 15.1. The van der Waals surface area contributed by atoms with Crippen LogP contribution in [0.4, 0.5) is 0 Å². The van der Waals surface area contributed by atoms with Crippen molar-refractivity contribution >= 4 is 10.8 Å². The van der Waals surface area contributed by atoms with Gasteiger partial charge in [0.05, 0.1) is 12.0 Å². The summed E-state index contributed by atoms with van der Waals surface area (Å²) in [6.07, 6.45) is 3.56. The van der Waals surface area contributed by atoms with E-state index in [9.17, 15) is 5.26 Å². The van der Waals surface area contributed by atoms with Gasteiger partial charge in [0.1, 0.15) is 0 Å². The molecule has 1 saturated heterocycles. The van der Waals surface area contributed by atoms with Gasteiger partial charge in [0.15, 0.2) is 0 Å². The number of rotatable bonds is 4. The van der Waals surface area contributed by atoms with Gasteiger partial charge in [-0.15, -0.1) is 0 Å². The number of hydrogen-bond donors (Lipinski definition) is 0. The molecule has 1 unspecified atom stereocenters. The molecule has 2 heteroatoms. The SMILES string of the molecule is N#CC(CCN1CCCC1)c1cccc2ccccc12. The summed E-state index contributed by atoms with van der Waals surface area (Å²) in [5, 5.41) is 12.0. The maximum Gasteiger partial charge on any atom is 0.0730 e. The summed E-state index contributed by atoms with van der Waals surface area (Å²) in [6, 6.07) is 17.2. The van der Waals surface area contributed by atoms with Crippen molar-refractivity contribution in [1.29, 1.82) is 5.26 Å². The van der Waals surface area contributed by atoms with Crippen molar-refractivity contribution in [1.82, 2.24) is 4.90 Å². The topological polar surface area (TPSA) is 27.0 Å². The Labute approximate surface area is 120 Å². The first kappa shape index (κ1) is 13.1. The van der Waals surface area contributed by atoms with Gasteiger partial charge in [0.25, 0.3) is 0 Å². The molecule has 1 aliphatic rings. The summed E-state index contributed by atoms with van der Waals surface area (Å²) in [6.45, 7) is 3.45. The van der Waals surface area contributed by atoms with Crippen molar-refractivity contribution in [2.75, 3.05) is 19.6 Å². The molecule has 1 atom stereocenters. The third kappa shape index (κ3) is 2.69. The molecule has 0 saturated carbocycles. The number of likely N-dealkylation sites (tertiary alicyclic amines) is 1. The van der Waals surface area contributed by atoms with Crippen LogP contribution >= 0.6 is 0 Å². The number of nitriles is 1. The second-order valence-corrected chi connectivity index (χ2v) is 5.59. The normalized spacial score (nSPS) is 17.1. The Balaban J connectivity index is 1.82. The maximum absolute atomic E-state index is 9.54. The lowest BCUT2D eigenvalue weighted by Crippen LogP contribution is -2.21. The molecule has 2 aromatic carbocycles. The quantitative estimate of drug-likeness (QED) is 0.836. The van der Waals surface area contributed by atoms with Crippen LogP contribution in [-0.4, -0.2) is 24.5 Å². The standard InChI is InChI=1S/C18H20N2/c19-14-16(10-13-20-11-3-4-12-20)18-9-5-7-15-6-1-2-8-17(15)18/h1-2,5-9,16H,3-4,10-13H2. The molecule has 102 valence electrons. The minimum Gasteiger partial charge on any atom is -0.303 e. The fraction of sp³-hybridized carbons (Fsp3) is 0.389. The predicted molar refractivity (Wildman–Crippen MR) is 82.6 cm³/mol. The highest BCUT2D eigenvalue weighted by Gasteiger charge is 2.17. The van der Waals surface area contributed by atoms with E-state index in [1.54, 1.807) is 0 Å². The zero-order valence-corrected chi connectivity index (χ0v) is 11.8. The van der Waals surface area contributed by atoms with E-state index in [4.69, 9.17) is 0 Å². The van der Waals surface area contributed by atoms with Crippen molar-refractivity contribution < 1.29 is 0 Å². The fourth-order valence-electron chi connectivity index (χ4n) is 3.16. The van der Waals surface area contributed by atoms with E-state index in [2.05, 4.69) is 53.4 Å². The van der Waals surface area contributed by atoms with E-state index in [1.165, 1.54) is 42.3 Å². The van der Waals surface area contributed by atoms with Gasteiger partial charge in [-0.05, 0) is 55.2 Å². The smallest absolute Gasteiger partial charge is 0.0730 e. The summed E-state index contributed by atoms with van der Waals surface area (Å²) in [7, 11) is 0. The summed E-state index contributed by atoms with van der Waals surface area (Å²) in [5.74, 6) is 0.00157. The van der Waals surface area contributed by atoms with Crippen LogP contribution in [0.25, 0.3) is 10.8 Å². The van der Waals surface area contributed by atoms with Crippen molar-refractivity contribution in [2.45, 2.75) is 25.2 Å². The summed E-state index contributed by atoms with van der Waals surface area (Å²) in [4.78, 5) is 2.48. The predicted octanol–water partition coefficient (Wildman–Crippen LogP) is 3.93. The lowest BCUT2D eigenvalue weighted by atomic mass is 9.92. The van der Waals surface area contributed by atoms with Gasteiger partial charge < -0.3 is 4.90 Å². The molecular formula is C18H20N2. The first-order valence-corrected chi connectivity index (χ1v) is 7.48. The molecule has 0 N–H and O–H groups in total. The monoisotopic (exact) mass is 264 g/mol. The first-order valence-electron chi connectivity index (χ1n) is 7.48. The molecule has 3 rings (SSSR count). The Kier molecular flexibility index (Phi) is 3.99. The van der Waals surface area contributed by atoms with Crippen molar-refractivity contribution in [2.24, 2.45) is 0 Å². The molecule has 2 aromatic rings. The summed E-state index contributed by atoms with van der Waals surface area (Å²) >= 11 is 0. The van der Waals surface area contributed by atoms with Crippen LogP contribution in [0.1, 0.15) is 30.7 Å². The number of fused-ring (bicyclic) bond motifs is 1. The van der Waals surface area contributed by atoms with Crippen LogP contribution in [-0.2, 0) is 0 Å². The third-order valence-electron chi connectivity index (χ3n) is 4.29. The Morgan fingerprint density at radius 3 is 2.60 bits per heavy atom.